The highest BCUT2D eigenvalue weighted by Crippen LogP contribution is 2.24. The zero-order chi connectivity index (χ0) is 17.8. The number of benzene rings is 2. The average Bonchev–Trinajstić information content (AvgIpc) is 2.96. The first-order valence-corrected chi connectivity index (χ1v) is 8.47. The number of carbonyl (C=O) groups excluding carboxylic acids is 2. The summed E-state index contributed by atoms with van der Waals surface area (Å²) in [5.41, 5.74) is 2.53. The summed E-state index contributed by atoms with van der Waals surface area (Å²) >= 11 is 0. The molecule has 0 radical (unpaired) electrons. The number of aryl methyl sites for hydroxylation is 1. The molecule has 1 fully saturated rings. The molecular weight excluding hydrogens is 316 g/mol. The molecule has 5 heteroatoms. The van der Waals surface area contributed by atoms with Crippen LogP contribution in [0.2, 0.25) is 0 Å². The van der Waals surface area contributed by atoms with Gasteiger partial charge in [0.25, 0.3) is 5.91 Å². The van der Waals surface area contributed by atoms with Crippen LogP contribution in [0.25, 0.3) is 0 Å². The fourth-order valence-electron chi connectivity index (χ4n) is 2.92. The van der Waals surface area contributed by atoms with Crippen LogP contribution in [0.15, 0.2) is 48.5 Å². The van der Waals surface area contributed by atoms with Crippen LogP contribution in [-0.2, 0) is 4.79 Å². The molecule has 0 aliphatic carbocycles. The molecule has 0 aromatic heterocycles. The van der Waals surface area contributed by atoms with Gasteiger partial charge in [0.1, 0.15) is 5.75 Å². The highest BCUT2D eigenvalue weighted by Gasteiger charge is 2.31. The van der Waals surface area contributed by atoms with Gasteiger partial charge in [-0.05, 0) is 50.2 Å². The van der Waals surface area contributed by atoms with Crippen LogP contribution in [0.4, 0.5) is 5.69 Å². The Bertz CT molecular complexity index is 754. The molecule has 0 saturated carbocycles. The molecule has 1 aliphatic heterocycles. The van der Waals surface area contributed by atoms with Crippen molar-refractivity contribution in [1.82, 2.24) is 5.32 Å². The maximum atomic E-state index is 12.3. The summed E-state index contributed by atoms with van der Waals surface area (Å²) in [5, 5.41) is 2.95. The Labute approximate surface area is 147 Å². The van der Waals surface area contributed by atoms with E-state index in [1.165, 1.54) is 0 Å². The van der Waals surface area contributed by atoms with Gasteiger partial charge in [-0.1, -0.05) is 17.7 Å². The number of anilines is 1. The number of hydrogen-bond acceptors (Lipinski definition) is 3. The molecular formula is C20H22N2O3. The van der Waals surface area contributed by atoms with E-state index in [0.717, 1.165) is 17.0 Å². The van der Waals surface area contributed by atoms with Gasteiger partial charge in [0, 0.05) is 24.2 Å². The summed E-state index contributed by atoms with van der Waals surface area (Å²) in [5.74, 6) is 0.645. The van der Waals surface area contributed by atoms with Crippen molar-refractivity contribution in [2.75, 3.05) is 18.1 Å². The van der Waals surface area contributed by atoms with Crippen molar-refractivity contribution in [3.05, 3.63) is 59.7 Å². The molecule has 3 rings (SSSR count). The maximum absolute atomic E-state index is 12.3. The van der Waals surface area contributed by atoms with E-state index in [2.05, 4.69) is 5.32 Å². The summed E-state index contributed by atoms with van der Waals surface area (Å²) in [6.45, 7) is 4.99. The third kappa shape index (κ3) is 3.99. The summed E-state index contributed by atoms with van der Waals surface area (Å²) in [6, 6.07) is 14.7. The fraction of sp³-hybridized carbons (Fsp3) is 0.300. The van der Waals surface area contributed by atoms with E-state index < -0.39 is 0 Å². The molecule has 25 heavy (non-hydrogen) atoms. The number of nitrogens with zero attached hydrogens (tertiary/aromatic N) is 1. The highest BCUT2D eigenvalue weighted by molar-refractivity contribution is 5.99. The van der Waals surface area contributed by atoms with E-state index in [9.17, 15) is 9.59 Å². The minimum Gasteiger partial charge on any atom is -0.494 e. The molecule has 2 aromatic carbocycles. The smallest absolute Gasteiger partial charge is 0.251 e. The molecule has 0 unspecified atom stereocenters. The van der Waals surface area contributed by atoms with E-state index in [1.54, 1.807) is 17.0 Å². The molecule has 1 saturated heterocycles. The predicted octanol–water partition coefficient (Wildman–Crippen LogP) is 2.93. The summed E-state index contributed by atoms with van der Waals surface area (Å²) in [6.07, 6.45) is 0.310. The van der Waals surface area contributed by atoms with E-state index in [1.807, 2.05) is 50.2 Å². The van der Waals surface area contributed by atoms with Crippen molar-refractivity contribution in [3.63, 3.8) is 0 Å². The molecule has 1 N–H and O–H groups in total. The molecule has 1 aliphatic rings. The number of ether oxygens (including phenoxy) is 1. The third-order valence-electron chi connectivity index (χ3n) is 4.23. The second-order valence-corrected chi connectivity index (χ2v) is 6.17. The summed E-state index contributed by atoms with van der Waals surface area (Å²) in [7, 11) is 0. The maximum Gasteiger partial charge on any atom is 0.251 e. The Hall–Kier alpha value is -2.82. The Kier molecular flexibility index (Phi) is 5.03. The normalized spacial score (nSPS) is 16.8. The average molecular weight is 338 g/mol. The lowest BCUT2D eigenvalue weighted by molar-refractivity contribution is -0.117. The Morgan fingerprint density at radius 1 is 1.16 bits per heavy atom. The van der Waals surface area contributed by atoms with Crippen LogP contribution in [-0.4, -0.2) is 31.0 Å². The van der Waals surface area contributed by atoms with Gasteiger partial charge >= 0.3 is 0 Å². The Morgan fingerprint density at radius 2 is 1.84 bits per heavy atom. The lowest BCUT2D eigenvalue weighted by Gasteiger charge is -2.17. The molecule has 1 heterocycles. The van der Waals surface area contributed by atoms with Crippen molar-refractivity contribution < 1.29 is 14.3 Å². The molecule has 2 aromatic rings. The zero-order valence-electron chi connectivity index (χ0n) is 14.5. The predicted molar refractivity (Wildman–Crippen MR) is 97.0 cm³/mol. The molecule has 2 amide bonds. The first-order valence-electron chi connectivity index (χ1n) is 8.47. The number of nitrogens with one attached hydrogen (secondary N) is 1. The van der Waals surface area contributed by atoms with Crippen LogP contribution in [0, 0.1) is 6.92 Å². The van der Waals surface area contributed by atoms with Crippen LogP contribution in [0.1, 0.15) is 29.3 Å². The van der Waals surface area contributed by atoms with Crippen molar-refractivity contribution in [3.8, 4) is 5.75 Å². The number of carbonyl (C=O) groups is 2. The van der Waals surface area contributed by atoms with E-state index >= 15 is 0 Å². The highest BCUT2D eigenvalue weighted by atomic mass is 16.5. The first kappa shape index (κ1) is 17.0. The Morgan fingerprint density at radius 3 is 2.48 bits per heavy atom. The van der Waals surface area contributed by atoms with Crippen LogP contribution in [0.5, 0.6) is 5.75 Å². The molecule has 130 valence electrons. The Balaban J connectivity index is 1.63. The van der Waals surface area contributed by atoms with Crippen LogP contribution in [0.3, 0.4) is 0 Å². The second kappa shape index (κ2) is 7.38. The monoisotopic (exact) mass is 338 g/mol. The quantitative estimate of drug-likeness (QED) is 0.912. The third-order valence-corrected chi connectivity index (χ3v) is 4.23. The molecule has 0 spiro atoms. The lowest BCUT2D eigenvalue weighted by atomic mass is 10.1. The minimum atomic E-state index is -0.187. The van der Waals surface area contributed by atoms with Gasteiger partial charge in [0.2, 0.25) is 5.91 Å². The van der Waals surface area contributed by atoms with Crippen molar-refractivity contribution in [1.29, 1.82) is 0 Å². The molecule has 1 atom stereocenters. The summed E-state index contributed by atoms with van der Waals surface area (Å²) in [4.78, 5) is 26.3. The standard InChI is InChI=1S/C20H22N2O3/c1-3-25-18-10-8-17(9-11-18)22-13-16(12-19(22)23)21-20(24)15-6-4-14(2)5-7-15/h4-11,16H,3,12-13H2,1-2H3,(H,21,24)/t16-/m1/s1. The van der Waals surface area contributed by atoms with Gasteiger partial charge in [0.15, 0.2) is 0 Å². The number of hydrogen-bond donors (Lipinski definition) is 1. The molecule has 0 bridgehead atoms. The van der Waals surface area contributed by atoms with Crippen molar-refractivity contribution >= 4 is 17.5 Å². The largest absolute Gasteiger partial charge is 0.494 e. The van der Waals surface area contributed by atoms with Crippen LogP contribution < -0.4 is 15.0 Å². The zero-order valence-corrected chi connectivity index (χ0v) is 14.5. The van der Waals surface area contributed by atoms with Gasteiger partial charge in [-0.25, -0.2) is 0 Å². The molecule has 5 nitrogen and oxygen atoms in total. The van der Waals surface area contributed by atoms with Crippen molar-refractivity contribution in [2.45, 2.75) is 26.3 Å². The van der Waals surface area contributed by atoms with E-state index in [0.29, 0.717) is 25.1 Å². The van der Waals surface area contributed by atoms with Gasteiger partial charge in [-0.3, -0.25) is 9.59 Å². The van der Waals surface area contributed by atoms with E-state index in [-0.39, 0.29) is 17.9 Å². The lowest BCUT2D eigenvalue weighted by Crippen LogP contribution is -2.37. The van der Waals surface area contributed by atoms with Gasteiger partial charge in [-0.2, -0.15) is 0 Å². The minimum absolute atomic E-state index is 0.0124. The SMILES string of the molecule is CCOc1ccc(N2C[C@H](NC(=O)c3ccc(C)cc3)CC2=O)cc1. The summed E-state index contributed by atoms with van der Waals surface area (Å²) < 4.78 is 5.42. The van der Waals surface area contributed by atoms with Gasteiger partial charge < -0.3 is 15.0 Å². The van der Waals surface area contributed by atoms with Gasteiger partial charge in [0.05, 0.1) is 12.6 Å². The van der Waals surface area contributed by atoms with Crippen LogP contribution >= 0.6 is 0 Å². The number of rotatable bonds is 5. The number of amides is 2. The van der Waals surface area contributed by atoms with E-state index in [4.69, 9.17) is 4.74 Å². The van der Waals surface area contributed by atoms with Crippen molar-refractivity contribution in [2.24, 2.45) is 0 Å². The topological polar surface area (TPSA) is 58.6 Å². The fourth-order valence-corrected chi connectivity index (χ4v) is 2.92. The second-order valence-electron chi connectivity index (χ2n) is 6.17. The first-order chi connectivity index (χ1) is 12.1. The van der Waals surface area contributed by atoms with Gasteiger partial charge in [-0.15, -0.1) is 0 Å².